The van der Waals surface area contributed by atoms with E-state index in [9.17, 15) is 4.79 Å². The monoisotopic (exact) mass is 278 g/mol. The number of nitrogens with one attached hydrogen (secondary N) is 2. The number of nitrogens with zero attached hydrogens (tertiary/aromatic N) is 1. The van der Waals surface area contributed by atoms with E-state index in [2.05, 4.69) is 36.5 Å². The first-order valence-electron chi connectivity index (χ1n) is 7.05. The average Bonchev–Trinajstić information content (AvgIpc) is 2.45. The van der Waals surface area contributed by atoms with Crippen LogP contribution >= 0.6 is 0 Å². The van der Waals surface area contributed by atoms with Crippen LogP contribution in [0.2, 0.25) is 0 Å². The Kier molecular flexibility index (Phi) is 6.48. The lowest BCUT2D eigenvalue weighted by Gasteiger charge is -2.23. The van der Waals surface area contributed by atoms with Gasteiger partial charge in [0.05, 0.1) is 11.3 Å². The van der Waals surface area contributed by atoms with Gasteiger partial charge >= 0.3 is 0 Å². The number of nitrogens with two attached hydrogens (primary N) is 1. The molecule has 112 valence electrons. The normalized spacial score (nSPS) is 12.3. The van der Waals surface area contributed by atoms with Crippen molar-refractivity contribution < 1.29 is 4.79 Å². The largest absolute Gasteiger partial charge is 0.351 e. The summed E-state index contributed by atoms with van der Waals surface area (Å²) in [6.45, 7) is 7.75. The molecule has 0 bridgehead atoms. The third-order valence-corrected chi connectivity index (χ3v) is 3.67. The number of likely N-dealkylation sites (N-methyl/N-ethyl adjacent to an activating group) is 1. The second-order valence-corrected chi connectivity index (χ2v) is 5.19. The first kappa shape index (κ1) is 16.5. The molecule has 0 aliphatic heterocycles. The molecule has 1 atom stereocenters. The van der Waals surface area contributed by atoms with E-state index in [1.165, 1.54) is 0 Å². The number of hydrazine groups is 1. The summed E-state index contributed by atoms with van der Waals surface area (Å²) in [5.74, 6) is 5.35. The maximum atomic E-state index is 12.1. The molecule has 0 spiro atoms. The molecule has 0 saturated heterocycles. The van der Waals surface area contributed by atoms with E-state index in [4.69, 9.17) is 5.84 Å². The Morgan fingerprint density at radius 1 is 1.45 bits per heavy atom. The molecular formula is C15H26N4O. The van der Waals surface area contributed by atoms with Crippen LogP contribution in [0.1, 0.15) is 36.2 Å². The summed E-state index contributed by atoms with van der Waals surface area (Å²) in [4.78, 5) is 14.4. The van der Waals surface area contributed by atoms with Gasteiger partial charge in [0.15, 0.2) is 0 Å². The van der Waals surface area contributed by atoms with Crippen LogP contribution in [0.25, 0.3) is 0 Å². The van der Waals surface area contributed by atoms with Crippen LogP contribution in [-0.4, -0.2) is 37.0 Å². The standard InChI is InChI=1S/C15H26N4O/c1-5-12(3)19(4)9-8-17-15(20)13-7-6-11(2)10-14(13)18-16/h6-7,10,12,18H,5,8-9,16H2,1-4H3,(H,17,20). The van der Waals surface area contributed by atoms with Crippen molar-refractivity contribution in [2.75, 3.05) is 25.6 Å². The van der Waals surface area contributed by atoms with Crippen molar-refractivity contribution in [3.8, 4) is 0 Å². The zero-order chi connectivity index (χ0) is 15.1. The smallest absolute Gasteiger partial charge is 0.253 e. The second-order valence-electron chi connectivity index (χ2n) is 5.19. The number of carbonyl (C=O) groups is 1. The molecule has 0 heterocycles. The SMILES string of the molecule is CCC(C)N(C)CCNC(=O)c1ccc(C)cc1NN. The molecule has 1 unspecified atom stereocenters. The van der Waals surface area contributed by atoms with Crippen LogP contribution in [0.15, 0.2) is 18.2 Å². The average molecular weight is 278 g/mol. The lowest BCUT2D eigenvalue weighted by molar-refractivity contribution is 0.0948. The Morgan fingerprint density at radius 2 is 2.15 bits per heavy atom. The summed E-state index contributed by atoms with van der Waals surface area (Å²) in [5.41, 5.74) is 4.86. The molecule has 0 aromatic heterocycles. The van der Waals surface area contributed by atoms with Crippen LogP contribution in [0.5, 0.6) is 0 Å². The molecule has 5 nitrogen and oxygen atoms in total. The minimum atomic E-state index is -0.101. The molecule has 0 saturated carbocycles. The minimum Gasteiger partial charge on any atom is -0.351 e. The fraction of sp³-hybridized carbons (Fsp3) is 0.533. The Balaban J connectivity index is 2.55. The van der Waals surface area contributed by atoms with Crippen LogP contribution in [0.4, 0.5) is 5.69 Å². The van der Waals surface area contributed by atoms with E-state index >= 15 is 0 Å². The number of aryl methyl sites for hydroxylation is 1. The first-order valence-corrected chi connectivity index (χ1v) is 7.05. The maximum Gasteiger partial charge on any atom is 0.253 e. The molecule has 0 aliphatic carbocycles. The zero-order valence-electron chi connectivity index (χ0n) is 12.9. The summed E-state index contributed by atoms with van der Waals surface area (Å²) in [5, 5.41) is 2.93. The number of anilines is 1. The third kappa shape index (κ3) is 4.51. The Morgan fingerprint density at radius 3 is 2.75 bits per heavy atom. The number of hydrogen-bond donors (Lipinski definition) is 3. The van der Waals surface area contributed by atoms with Gasteiger partial charge in [0.2, 0.25) is 0 Å². The van der Waals surface area contributed by atoms with Crippen molar-refractivity contribution in [1.29, 1.82) is 0 Å². The predicted molar refractivity (Wildman–Crippen MR) is 83.7 cm³/mol. The highest BCUT2D eigenvalue weighted by atomic mass is 16.1. The first-order chi connectivity index (χ1) is 9.49. The Bertz CT molecular complexity index is 447. The highest BCUT2D eigenvalue weighted by Crippen LogP contribution is 2.16. The van der Waals surface area contributed by atoms with E-state index in [1.807, 2.05) is 19.1 Å². The van der Waals surface area contributed by atoms with Crippen molar-refractivity contribution >= 4 is 11.6 Å². The van der Waals surface area contributed by atoms with E-state index in [0.29, 0.717) is 23.8 Å². The van der Waals surface area contributed by atoms with Crippen LogP contribution in [-0.2, 0) is 0 Å². The number of nitrogen functional groups attached to an aromatic ring is 1. The molecule has 1 amide bonds. The summed E-state index contributed by atoms with van der Waals surface area (Å²) in [6, 6.07) is 6.08. The molecule has 4 N–H and O–H groups in total. The summed E-state index contributed by atoms with van der Waals surface area (Å²) < 4.78 is 0. The molecule has 5 heteroatoms. The van der Waals surface area contributed by atoms with Gasteiger partial charge in [0, 0.05) is 19.1 Å². The van der Waals surface area contributed by atoms with Crippen molar-refractivity contribution in [2.24, 2.45) is 5.84 Å². The lowest BCUT2D eigenvalue weighted by Crippen LogP contribution is -2.37. The van der Waals surface area contributed by atoms with Crippen molar-refractivity contribution in [2.45, 2.75) is 33.2 Å². The molecule has 1 aromatic carbocycles. The minimum absolute atomic E-state index is 0.101. The van der Waals surface area contributed by atoms with Crippen molar-refractivity contribution in [3.63, 3.8) is 0 Å². The fourth-order valence-corrected chi connectivity index (χ4v) is 1.95. The molecule has 0 radical (unpaired) electrons. The van der Waals surface area contributed by atoms with Gasteiger partial charge in [-0.15, -0.1) is 0 Å². The van der Waals surface area contributed by atoms with Gasteiger partial charge in [-0.1, -0.05) is 13.0 Å². The van der Waals surface area contributed by atoms with E-state index in [-0.39, 0.29) is 5.91 Å². The summed E-state index contributed by atoms with van der Waals surface area (Å²) in [7, 11) is 2.07. The third-order valence-electron chi connectivity index (χ3n) is 3.67. The van der Waals surface area contributed by atoms with Gasteiger partial charge in [0.25, 0.3) is 5.91 Å². The fourth-order valence-electron chi connectivity index (χ4n) is 1.95. The second kappa shape index (κ2) is 7.87. The molecular weight excluding hydrogens is 252 g/mol. The molecule has 20 heavy (non-hydrogen) atoms. The quantitative estimate of drug-likeness (QED) is 0.525. The van der Waals surface area contributed by atoms with Gasteiger partial charge in [0.1, 0.15) is 0 Å². The molecule has 0 aliphatic rings. The summed E-state index contributed by atoms with van der Waals surface area (Å²) >= 11 is 0. The summed E-state index contributed by atoms with van der Waals surface area (Å²) in [6.07, 6.45) is 1.10. The van der Waals surface area contributed by atoms with Crippen LogP contribution < -0.4 is 16.6 Å². The van der Waals surface area contributed by atoms with Gasteiger partial charge in [-0.25, -0.2) is 0 Å². The van der Waals surface area contributed by atoms with Gasteiger partial charge < -0.3 is 15.6 Å². The number of amides is 1. The molecule has 1 rings (SSSR count). The Hall–Kier alpha value is -1.59. The van der Waals surface area contributed by atoms with Crippen LogP contribution in [0, 0.1) is 6.92 Å². The van der Waals surface area contributed by atoms with Gasteiger partial charge in [-0.2, -0.15) is 0 Å². The lowest BCUT2D eigenvalue weighted by atomic mass is 10.1. The number of rotatable bonds is 7. The highest BCUT2D eigenvalue weighted by molar-refractivity contribution is 5.99. The Labute approximate surface area is 121 Å². The van der Waals surface area contributed by atoms with Crippen molar-refractivity contribution in [3.05, 3.63) is 29.3 Å². The van der Waals surface area contributed by atoms with E-state index in [1.54, 1.807) is 6.07 Å². The molecule has 1 aromatic rings. The van der Waals surface area contributed by atoms with Gasteiger partial charge in [-0.3, -0.25) is 10.6 Å². The number of hydrogen-bond acceptors (Lipinski definition) is 4. The number of carbonyl (C=O) groups excluding carboxylic acids is 1. The zero-order valence-corrected chi connectivity index (χ0v) is 12.9. The van der Waals surface area contributed by atoms with Crippen LogP contribution in [0.3, 0.4) is 0 Å². The van der Waals surface area contributed by atoms with Crippen molar-refractivity contribution in [1.82, 2.24) is 10.2 Å². The highest BCUT2D eigenvalue weighted by Gasteiger charge is 2.11. The maximum absolute atomic E-state index is 12.1. The number of benzene rings is 1. The predicted octanol–water partition coefficient (Wildman–Crippen LogP) is 1.74. The van der Waals surface area contributed by atoms with E-state index in [0.717, 1.165) is 18.5 Å². The molecule has 0 fully saturated rings. The topological polar surface area (TPSA) is 70.4 Å². The van der Waals surface area contributed by atoms with Gasteiger partial charge in [-0.05, 0) is 45.0 Å². The van der Waals surface area contributed by atoms with E-state index < -0.39 is 0 Å².